The van der Waals surface area contributed by atoms with Crippen molar-refractivity contribution in [3.05, 3.63) is 61.8 Å². The highest BCUT2D eigenvalue weighted by Gasteiger charge is 2.09. The molecule has 1 N–H and O–H groups in total. The molecule has 21 heavy (non-hydrogen) atoms. The fourth-order valence-electron chi connectivity index (χ4n) is 1.92. The van der Waals surface area contributed by atoms with E-state index in [1.165, 1.54) is 11.3 Å². The van der Waals surface area contributed by atoms with Gasteiger partial charge >= 0.3 is 0 Å². The molecule has 0 radical (unpaired) electrons. The molecule has 6 heteroatoms. The molecule has 0 saturated heterocycles. The average molecular weight is 314 g/mol. The van der Waals surface area contributed by atoms with Crippen LogP contribution in [0.15, 0.2) is 39.8 Å². The van der Waals surface area contributed by atoms with Crippen molar-refractivity contribution in [2.45, 2.75) is 0 Å². The predicted octanol–water partition coefficient (Wildman–Crippen LogP) is 3.70. The lowest BCUT2D eigenvalue weighted by atomic mass is 10.2. The van der Waals surface area contributed by atoms with Crippen LogP contribution in [0.4, 0.5) is 0 Å². The van der Waals surface area contributed by atoms with Crippen LogP contribution in [0.25, 0.3) is 22.6 Å². The van der Waals surface area contributed by atoms with Gasteiger partial charge in [-0.1, -0.05) is 11.6 Å². The van der Waals surface area contributed by atoms with Crippen molar-refractivity contribution in [1.82, 2.24) is 9.97 Å². The van der Waals surface area contributed by atoms with Crippen LogP contribution in [0.5, 0.6) is 0 Å². The molecule has 0 bridgehead atoms. The summed E-state index contributed by atoms with van der Waals surface area (Å²) in [7, 11) is 0. The van der Waals surface area contributed by atoms with Crippen LogP contribution in [0.1, 0.15) is 11.4 Å². The Labute approximate surface area is 129 Å². The Balaban J connectivity index is 2.20. The van der Waals surface area contributed by atoms with Crippen LogP contribution < -0.4 is 5.56 Å². The van der Waals surface area contributed by atoms with Crippen LogP contribution in [-0.2, 0) is 0 Å². The van der Waals surface area contributed by atoms with E-state index < -0.39 is 0 Å². The number of fused-ring (bicyclic) bond motifs is 1. The van der Waals surface area contributed by atoms with E-state index in [9.17, 15) is 10.1 Å². The number of allylic oxidation sites excluding steroid dienone is 1. The van der Waals surface area contributed by atoms with Gasteiger partial charge in [0, 0.05) is 5.02 Å². The zero-order valence-electron chi connectivity index (χ0n) is 10.6. The number of nitriles is 1. The average Bonchev–Trinajstić information content (AvgIpc) is 2.97. The molecule has 4 nitrogen and oxygen atoms in total. The van der Waals surface area contributed by atoms with E-state index in [0.717, 1.165) is 5.56 Å². The van der Waals surface area contributed by atoms with Crippen molar-refractivity contribution >= 4 is 45.5 Å². The normalized spacial score (nSPS) is 11.5. The molecule has 0 spiro atoms. The second-order valence-electron chi connectivity index (χ2n) is 4.30. The van der Waals surface area contributed by atoms with E-state index in [0.29, 0.717) is 21.5 Å². The molecule has 0 fully saturated rings. The van der Waals surface area contributed by atoms with Crippen molar-refractivity contribution in [2.24, 2.45) is 0 Å². The third-order valence-electron chi connectivity index (χ3n) is 2.90. The van der Waals surface area contributed by atoms with E-state index in [-0.39, 0.29) is 11.4 Å². The second kappa shape index (κ2) is 5.52. The van der Waals surface area contributed by atoms with Gasteiger partial charge in [0.15, 0.2) is 5.82 Å². The highest BCUT2D eigenvalue weighted by atomic mass is 35.5. The minimum absolute atomic E-state index is 0.239. The first-order valence-corrected chi connectivity index (χ1v) is 7.33. The van der Waals surface area contributed by atoms with E-state index in [4.69, 9.17) is 11.6 Å². The number of nitrogens with zero attached hydrogens (tertiary/aromatic N) is 2. The Kier molecular flexibility index (Phi) is 3.57. The SMILES string of the molecule is N#C/C(=C\c1ccsc1)c1nc2cc(Cl)ccc2c(=O)[nH]1. The molecule has 0 aliphatic heterocycles. The minimum Gasteiger partial charge on any atom is -0.305 e. The molecule has 0 unspecified atom stereocenters. The summed E-state index contributed by atoms with van der Waals surface area (Å²) in [5.41, 5.74) is 1.36. The van der Waals surface area contributed by atoms with E-state index in [1.54, 1.807) is 24.3 Å². The quantitative estimate of drug-likeness (QED) is 0.733. The van der Waals surface area contributed by atoms with Crippen molar-refractivity contribution in [3.63, 3.8) is 0 Å². The van der Waals surface area contributed by atoms with Gasteiger partial charge in [-0.2, -0.15) is 16.6 Å². The first kappa shape index (κ1) is 13.6. The number of thiophene rings is 1. The number of nitrogens with one attached hydrogen (secondary N) is 1. The number of benzene rings is 1. The summed E-state index contributed by atoms with van der Waals surface area (Å²) in [5.74, 6) is 0.239. The molecule has 3 rings (SSSR count). The molecule has 1 aromatic carbocycles. The first-order chi connectivity index (χ1) is 10.2. The van der Waals surface area contributed by atoms with Gasteiger partial charge in [-0.3, -0.25) is 4.79 Å². The highest BCUT2D eigenvalue weighted by Crippen LogP contribution is 2.19. The van der Waals surface area contributed by atoms with Gasteiger partial charge < -0.3 is 4.98 Å². The maximum atomic E-state index is 12.1. The zero-order valence-corrected chi connectivity index (χ0v) is 12.2. The molecule has 0 saturated carbocycles. The van der Waals surface area contributed by atoms with E-state index in [2.05, 4.69) is 16.0 Å². The summed E-state index contributed by atoms with van der Waals surface area (Å²) >= 11 is 7.45. The van der Waals surface area contributed by atoms with E-state index in [1.807, 2.05) is 16.8 Å². The van der Waals surface area contributed by atoms with Crippen LogP contribution in [0.2, 0.25) is 5.02 Å². The monoisotopic (exact) mass is 313 g/mol. The van der Waals surface area contributed by atoms with Gasteiger partial charge in [-0.15, -0.1) is 0 Å². The van der Waals surface area contributed by atoms with Gasteiger partial charge in [-0.05, 0) is 46.7 Å². The maximum absolute atomic E-state index is 12.1. The number of halogens is 1. The largest absolute Gasteiger partial charge is 0.305 e. The van der Waals surface area contributed by atoms with Gasteiger partial charge in [0.2, 0.25) is 0 Å². The molecule has 0 atom stereocenters. The Morgan fingerprint density at radius 1 is 1.43 bits per heavy atom. The molecule has 3 aromatic rings. The molecule has 102 valence electrons. The Morgan fingerprint density at radius 3 is 3.00 bits per heavy atom. The second-order valence-corrected chi connectivity index (χ2v) is 5.52. The lowest BCUT2D eigenvalue weighted by molar-refractivity contribution is 1.13. The molecule has 0 aliphatic carbocycles. The summed E-state index contributed by atoms with van der Waals surface area (Å²) in [6, 6.07) is 8.80. The topological polar surface area (TPSA) is 69.5 Å². The molecule has 2 heterocycles. The lowest BCUT2D eigenvalue weighted by Gasteiger charge is -2.02. The highest BCUT2D eigenvalue weighted by molar-refractivity contribution is 7.08. The summed E-state index contributed by atoms with van der Waals surface area (Å²) < 4.78 is 0. The smallest absolute Gasteiger partial charge is 0.259 e. The summed E-state index contributed by atoms with van der Waals surface area (Å²) in [6.45, 7) is 0. The van der Waals surface area contributed by atoms with Crippen molar-refractivity contribution in [2.75, 3.05) is 0 Å². The van der Waals surface area contributed by atoms with Crippen LogP contribution in [-0.4, -0.2) is 9.97 Å². The maximum Gasteiger partial charge on any atom is 0.259 e. The first-order valence-electron chi connectivity index (χ1n) is 6.01. The number of aromatic amines is 1. The fourth-order valence-corrected chi connectivity index (χ4v) is 2.70. The predicted molar refractivity (Wildman–Crippen MR) is 85.2 cm³/mol. The third kappa shape index (κ3) is 2.72. The van der Waals surface area contributed by atoms with Crippen molar-refractivity contribution in [1.29, 1.82) is 5.26 Å². The zero-order chi connectivity index (χ0) is 14.8. The van der Waals surface area contributed by atoms with Crippen LogP contribution >= 0.6 is 22.9 Å². The molecule has 0 amide bonds. The van der Waals surface area contributed by atoms with Crippen LogP contribution in [0.3, 0.4) is 0 Å². The van der Waals surface area contributed by atoms with E-state index >= 15 is 0 Å². The number of hydrogen-bond acceptors (Lipinski definition) is 4. The van der Waals surface area contributed by atoms with Gasteiger partial charge in [0.05, 0.1) is 16.5 Å². The summed E-state index contributed by atoms with van der Waals surface area (Å²) in [5, 5.41) is 14.0. The van der Waals surface area contributed by atoms with Gasteiger partial charge in [0.25, 0.3) is 5.56 Å². The third-order valence-corrected chi connectivity index (χ3v) is 3.83. The van der Waals surface area contributed by atoms with Crippen molar-refractivity contribution < 1.29 is 0 Å². The molecule has 0 aliphatic rings. The standard InChI is InChI=1S/C15H8ClN3OS/c16-11-1-2-12-13(6-11)18-14(19-15(12)20)10(7-17)5-9-3-4-21-8-9/h1-6,8H,(H,18,19,20)/b10-5+. The van der Waals surface area contributed by atoms with Crippen LogP contribution in [0, 0.1) is 11.3 Å². The minimum atomic E-state index is -0.293. The Morgan fingerprint density at radius 2 is 2.29 bits per heavy atom. The Bertz CT molecular complexity index is 936. The fraction of sp³-hybridized carbons (Fsp3) is 0. The van der Waals surface area contributed by atoms with Gasteiger partial charge in [-0.25, -0.2) is 4.98 Å². The lowest BCUT2D eigenvalue weighted by Crippen LogP contribution is -2.11. The van der Waals surface area contributed by atoms with Gasteiger partial charge in [0.1, 0.15) is 6.07 Å². The van der Waals surface area contributed by atoms with Crippen molar-refractivity contribution in [3.8, 4) is 6.07 Å². The molecule has 2 aromatic heterocycles. The number of aromatic nitrogens is 2. The number of rotatable bonds is 2. The molecular weight excluding hydrogens is 306 g/mol. The Hall–Kier alpha value is -2.42. The number of H-pyrrole nitrogens is 1. The number of hydrogen-bond donors (Lipinski definition) is 1. The molecular formula is C15H8ClN3OS. The summed E-state index contributed by atoms with van der Waals surface area (Å²) in [6.07, 6.45) is 1.69. The summed E-state index contributed by atoms with van der Waals surface area (Å²) in [4.78, 5) is 19.0.